The van der Waals surface area contributed by atoms with Gasteiger partial charge in [-0.25, -0.2) is 4.57 Å². The molecular formula is C67H125N6O28P. The third-order valence-corrected chi connectivity index (χ3v) is 19.0. The van der Waals surface area contributed by atoms with E-state index in [1.54, 1.807) is 20.8 Å². The quantitative estimate of drug-likeness (QED) is 0.0269. The van der Waals surface area contributed by atoms with Gasteiger partial charge in [0, 0.05) is 76.7 Å². The highest BCUT2D eigenvalue weighted by molar-refractivity contribution is 7.47. The first kappa shape index (κ1) is 92.4. The first-order valence-corrected chi connectivity index (χ1v) is 38.1. The predicted octanol–water partition coefficient (Wildman–Crippen LogP) is -0.519. The Morgan fingerprint density at radius 1 is 0.382 bits per heavy atom. The molecule has 3 rings (SSSR count). The van der Waals surface area contributed by atoms with Crippen LogP contribution in [0.3, 0.4) is 0 Å². The Labute approximate surface area is 600 Å². The zero-order valence-electron chi connectivity index (χ0n) is 60.4. The number of hydrogen-bond acceptors (Lipinski definition) is 27. The molecule has 3 aliphatic rings. The van der Waals surface area contributed by atoms with Crippen LogP contribution in [0.2, 0.25) is 0 Å². The van der Waals surface area contributed by atoms with Gasteiger partial charge in [0.05, 0.1) is 104 Å². The first-order valence-electron chi connectivity index (χ1n) is 36.6. The molecule has 0 aliphatic carbocycles. The maximum Gasteiger partial charge on any atom is 0.471 e. The van der Waals surface area contributed by atoms with E-state index in [4.69, 9.17) is 47.2 Å². The van der Waals surface area contributed by atoms with Crippen molar-refractivity contribution in [2.24, 2.45) is 17.8 Å². The standard InChI is InChI=1S/C67H125N6O28P/c1-45-57(81)60(84)50(42-74)99-65(45)95-39-36-92-33-25-54(78)69-29-19-15-22-48(63(87)71-31-18-11-9-7-5-6-8-10-14-24-53(77)68-28-17-12-13-21-32-98-102(89,90)91-4)73-64(88)49(72-56(80)27-35-94-38-41-97-67-47(3)59(83)62(86)52(44-76)101-67)23-16-20-30-70-55(79)26-34-93-37-40-96-66-46(2)58(82)61(85)51(43-75)100-66/h45-52,57-62,65-67,74-76,81-86H,5-44H2,1-4H3,(H,68,77)(H,69,78)(H,70,79)(H,71,87)(H,72,80)(H,73,88)(H,89,90)/t45?,46?,47?,48-,49-,50?,51?,52?,57?,58?,59?,60?,61?,62?,65?,66?,67?/m0/s1. The molecule has 0 aromatic carbocycles. The summed E-state index contributed by atoms with van der Waals surface area (Å²) < 4.78 is 71.0. The fourth-order valence-electron chi connectivity index (χ4n) is 11.5. The van der Waals surface area contributed by atoms with Crippen molar-refractivity contribution in [3.05, 3.63) is 0 Å². The Balaban J connectivity index is 1.52. The summed E-state index contributed by atoms with van der Waals surface area (Å²) in [6.45, 7) is 5.31. The summed E-state index contributed by atoms with van der Waals surface area (Å²) in [7, 11) is -2.84. The molecule has 34 nitrogen and oxygen atoms in total. The van der Waals surface area contributed by atoms with E-state index in [0.29, 0.717) is 58.0 Å². The van der Waals surface area contributed by atoms with Gasteiger partial charge in [-0.05, 0) is 64.2 Å². The van der Waals surface area contributed by atoms with Gasteiger partial charge in [-0.1, -0.05) is 78.6 Å². The van der Waals surface area contributed by atoms with Gasteiger partial charge in [-0.3, -0.25) is 37.8 Å². The molecule has 3 aliphatic heterocycles. The van der Waals surface area contributed by atoms with Gasteiger partial charge in [0.2, 0.25) is 35.4 Å². The molecular weight excluding hydrogens is 1370 g/mol. The second-order valence-electron chi connectivity index (χ2n) is 26.2. The third kappa shape index (κ3) is 38.1. The number of aliphatic hydroxyl groups is 9. The van der Waals surface area contributed by atoms with Crippen molar-refractivity contribution in [2.75, 3.05) is 119 Å². The van der Waals surface area contributed by atoms with Gasteiger partial charge in [0.15, 0.2) is 18.9 Å². The maximum atomic E-state index is 14.3. The molecule has 18 atom stereocenters. The summed E-state index contributed by atoms with van der Waals surface area (Å²) in [6, 6.07) is -2.14. The van der Waals surface area contributed by atoms with Crippen LogP contribution in [0.15, 0.2) is 0 Å². The van der Waals surface area contributed by atoms with Crippen LogP contribution in [0.5, 0.6) is 0 Å². The van der Waals surface area contributed by atoms with Crippen LogP contribution >= 0.6 is 7.82 Å². The summed E-state index contributed by atoms with van der Waals surface area (Å²) in [5.41, 5.74) is 0. The fraction of sp³-hybridized carbons (Fsp3) is 0.910. The summed E-state index contributed by atoms with van der Waals surface area (Å²) in [4.78, 5) is 88.8. The molecule has 3 heterocycles. The lowest BCUT2D eigenvalue weighted by Gasteiger charge is -2.40. The lowest BCUT2D eigenvalue weighted by molar-refractivity contribution is -0.284. The van der Waals surface area contributed by atoms with Crippen molar-refractivity contribution in [3.8, 4) is 0 Å². The van der Waals surface area contributed by atoms with Crippen molar-refractivity contribution in [2.45, 2.75) is 254 Å². The average Bonchev–Trinajstić information content (AvgIpc) is 0.832. The van der Waals surface area contributed by atoms with Crippen LogP contribution in [0.25, 0.3) is 0 Å². The monoisotopic (exact) mass is 1490 g/mol. The number of rotatable bonds is 59. The van der Waals surface area contributed by atoms with Gasteiger partial charge in [-0.2, -0.15) is 0 Å². The van der Waals surface area contributed by atoms with Gasteiger partial charge < -0.3 is 125 Å². The molecule has 16 unspecified atom stereocenters. The van der Waals surface area contributed by atoms with E-state index in [0.717, 1.165) is 77.7 Å². The molecule has 16 N–H and O–H groups in total. The van der Waals surface area contributed by atoms with E-state index in [9.17, 15) is 84.2 Å². The minimum absolute atomic E-state index is 0.00961. The number of unbranched alkanes of at least 4 members (excludes halogenated alkanes) is 13. The van der Waals surface area contributed by atoms with Crippen LogP contribution < -0.4 is 31.9 Å². The summed E-state index contributed by atoms with van der Waals surface area (Å²) in [6.07, 6.45) is 0.603. The van der Waals surface area contributed by atoms with Crippen molar-refractivity contribution in [1.29, 1.82) is 0 Å². The highest BCUT2D eigenvalue weighted by atomic mass is 31.2. The average molecular weight is 1490 g/mol. The SMILES string of the molecule is COP(=O)(O)OCCCCCCNC(=O)CCCCCCCCCCCNC(=O)[C@H](CCCCNC(=O)CCOCCOC1OC(CO)C(O)C(O)C1C)NC(=O)[C@H](CCCCNC(=O)CCOCCOC1OC(CO)C(O)C(O)C1C)NC(=O)CCOCCOC1OC(CO)C(O)C(O)C1C. The number of aliphatic hydroxyl groups excluding tert-OH is 9. The molecule has 35 heteroatoms. The Hall–Kier alpha value is -3.79. The number of carbonyl (C=O) groups is 6. The third-order valence-electron chi connectivity index (χ3n) is 18.0. The van der Waals surface area contributed by atoms with Gasteiger partial charge in [0.25, 0.3) is 0 Å². The molecule has 6 amide bonds. The smallest absolute Gasteiger partial charge is 0.394 e. The molecule has 0 aromatic heterocycles. The van der Waals surface area contributed by atoms with E-state index >= 15 is 0 Å². The highest BCUT2D eigenvalue weighted by Crippen LogP contribution is 2.42. The molecule has 596 valence electrons. The minimum atomic E-state index is -3.96. The zero-order valence-corrected chi connectivity index (χ0v) is 61.3. The lowest BCUT2D eigenvalue weighted by Crippen LogP contribution is -2.55. The summed E-state index contributed by atoms with van der Waals surface area (Å²) >= 11 is 0. The molecule has 0 spiro atoms. The van der Waals surface area contributed by atoms with Crippen molar-refractivity contribution >= 4 is 43.3 Å². The number of hydrogen-bond donors (Lipinski definition) is 16. The second-order valence-corrected chi connectivity index (χ2v) is 27.8. The van der Waals surface area contributed by atoms with Crippen molar-refractivity contribution in [3.63, 3.8) is 0 Å². The number of nitrogens with one attached hydrogen (secondary N) is 6. The summed E-state index contributed by atoms with van der Waals surface area (Å²) in [5, 5.41) is 107. The molecule has 102 heavy (non-hydrogen) atoms. The van der Waals surface area contributed by atoms with E-state index in [2.05, 4.69) is 36.4 Å². The molecule has 3 saturated heterocycles. The largest absolute Gasteiger partial charge is 0.471 e. The number of carbonyl (C=O) groups excluding carboxylic acids is 6. The fourth-order valence-corrected chi connectivity index (χ4v) is 11.9. The lowest BCUT2D eigenvalue weighted by atomic mass is 9.92. The Kier molecular flexibility index (Phi) is 49.6. The van der Waals surface area contributed by atoms with E-state index in [1.807, 2.05) is 0 Å². The van der Waals surface area contributed by atoms with Gasteiger partial charge in [-0.15, -0.1) is 0 Å². The van der Waals surface area contributed by atoms with Crippen LogP contribution in [-0.4, -0.2) is 291 Å². The molecule has 0 saturated carbocycles. The van der Waals surface area contributed by atoms with Gasteiger partial charge >= 0.3 is 7.82 Å². The highest BCUT2D eigenvalue weighted by Gasteiger charge is 2.45. The first-order chi connectivity index (χ1) is 49.0. The molecule has 0 bridgehead atoms. The van der Waals surface area contributed by atoms with Crippen molar-refractivity contribution in [1.82, 2.24) is 31.9 Å². The summed E-state index contributed by atoms with van der Waals surface area (Å²) in [5.74, 6) is -3.90. The van der Waals surface area contributed by atoms with Crippen LogP contribution in [0, 0.1) is 17.8 Å². The van der Waals surface area contributed by atoms with E-state index in [1.165, 1.54) is 0 Å². The Morgan fingerprint density at radius 3 is 1.11 bits per heavy atom. The number of phosphoric ester groups is 1. The maximum absolute atomic E-state index is 14.3. The van der Waals surface area contributed by atoms with Crippen molar-refractivity contribution < 1.29 is 136 Å². The van der Waals surface area contributed by atoms with Crippen LogP contribution in [-0.2, 0) is 85.0 Å². The van der Waals surface area contributed by atoms with Gasteiger partial charge in [0.1, 0.15) is 48.7 Å². The van der Waals surface area contributed by atoms with Crippen LogP contribution in [0.1, 0.15) is 168 Å². The number of amides is 6. The normalized spacial score (nSPS) is 26.3. The molecule has 0 radical (unpaired) electrons. The Morgan fingerprint density at radius 2 is 0.716 bits per heavy atom. The predicted molar refractivity (Wildman–Crippen MR) is 366 cm³/mol. The van der Waals surface area contributed by atoms with E-state index in [-0.39, 0.29) is 129 Å². The topological polar surface area (TPSA) is 496 Å². The second kappa shape index (κ2) is 54.7. The molecule has 0 aromatic rings. The minimum Gasteiger partial charge on any atom is -0.394 e. The van der Waals surface area contributed by atoms with Crippen LogP contribution in [0.4, 0.5) is 0 Å². The molecule has 3 fully saturated rings. The number of phosphoric acid groups is 1. The zero-order chi connectivity index (χ0) is 75.1. The van der Waals surface area contributed by atoms with E-state index < -0.39 is 149 Å². The Bertz CT molecular complexity index is 2330. The number of ether oxygens (including phenoxy) is 9.